The second-order valence-electron chi connectivity index (χ2n) is 4.56. The number of benzene rings is 2. The monoisotopic (exact) mass is 355 g/mol. The molecule has 0 saturated carbocycles. The first-order valence-corrected chi connectivity index (χ1v) is 7.60. The van der Waals surface area contributed by atoms with E-state index in [9.17, 15) is 22.1 Å². The highest BCUT2D eigenvalue weighted by Gasteiger charge is 2.38. The Balaban J connectivity index is 1.95. The van der Waals surface area contributed by atoms with E-state index in [1.54, 1.807) is 0 Å². The van der Waals surface area contributed by atoms with Crippen LogP contribution >= 0.6 is 0 Å². The number of hydrogen-bond acceptors (Lipinski definition) is 4. The molecule has 0 saturated heterocycles. The van der Waals surface area contributed by atoms with Crippen molar-refractivity contribution in [3.63, 3.8) is 0 Å². The molecule has 0 bridgehead atoms. The highest BCUT2D eigenvalue weighted by molar-refractivity contribution is 7.91. The van der Waals surface area contributed by atoms with Gasteiger partial charge in [0.15, 0.2) is 15.6 Å². The summed E-state index contributed by atoms with van der Waals surface area (Å²) in [5, 5.41) is 3.25. The maximum absolute atomic E-state index is 13.7. The van der Waals surface area contributed by atoms with Gasteiger partial charge in [0.2, 0.25) is 5.82 Å². The van der Waals surface area contributed by atoms with Crippen LogP contribution in [0.1, 0.15) is 5.89 Å². The first-order chi connectivity index (χ1) is 11.4. The van der Waals surface area contributed by atoms with Crippen LogP contribution in [-0.4, -0.2) is 14.7 Å². The molecule has 123 valence electrons. The van der Waals surface area contributed by atoms with Crippen LogP contribution < -0.4 is 0 Å². The van der Waals surface area contributed by atoms with E-state index < -0.39 is 29.1 Å². The largest absolute Gasteiger partial charge is 0.606 e. The van der Waals surface area contributed by atoms with Gasteiger partial charge in [-0.15, -0.1) is 0 Å². The molecule has 0 N–H and O–H groups in total. The van der Waals surface area contributed by atoms with Gasteiger partial charge < -0.3 is 9.08 Å². The first-order valence-electron chi connectivity index (χ1n) is 6.45. The normalized spacial score (nSPS) is 13.0. The van der Waals surface area contributed by atoms with E-state index in [0.717, 1.165) is 6.07 Å². The van der Waals surface area contributed by atoms with Gasteiger partial charge in [0.1, 0.15) is 0 Å². The maximum atomic E-state index is 13.7. The molecule has 0 aliphatic carbocycles. The predicted octanol–water partition coefficient (Wildman–Crippen LogP) is 3.86. The van der Waals surface area contributed by atoms with E-state index >= 15 is 0 Å². The molecular weight excluding hydrogens is 348 g/mol. The molecule has 1 atom stereocenters. The molecule has 3 aromatic rings. The highest BCUT2D eigenvalue weighted by Crippen LogP contribution is 2.30. The Bertz CT molecular complexity index is 866. The van der Waals surface area contributed by atoms with E-state index in [-0.39, 0.29) is 21.2 Å². The summed E-state index contributed by atoms with van der Waals surface area (Å²) in [6.07, 6.45) is -4.76. The SMILES string of the molecule is [O-][S+](c1[c]ccc(-c2noc(C(F)(F)F)n2)c1)c1ccccc1F. The lowest BCUT2D eigenvalue weighted by Crippen LogP contribution is -2.05. The summed E-state index contributed by atoms with van der Waals surface area (Å²) in [6, 6.07) is 12.1. The second kappa shape index (κ2) is 6.25. The Morgan fingerprint density at radius 3 is 2.58 bits per heavy atom. The standard InChI is InChI=1S/C15H7F4N2O2S/c16-11-6-1-2-7-12(11)24(22)10-5-3-4-9(8-10)13-20-14(23-21-13)15(17,18)19/h1-4,6-8H. The second-order valence-corrected chi connectivity index (χ2v) is 5.98. The maximum Gasteiger partial charge on any atom is 0.471 e. The molecule has 0 spiro atoms. The fraction of sp³-hybridized carbons (Fsp3) is 0.0667. The van der Waals surface area contributed by atoms with Crippen molar-refractivity contribution in [1.29, 1.82) is 0 Å². The lowest BCUT2D eigenvalue weighted by molar-refractivity contribution is -0.159. The van der Waals surface area contributed by atoms with Crippen molar-refractivity contribution in [3.05, 3.63) is 60.2 Å². The molecule has 24 heavy (non-hydrogen) atoms. The predicted molar refractivity (Wildman–Crippen MR) is 74.6 cm³/mol. The third-order valence-electron chi connectivity index (χ3n) is 2.94. The number of halogens is 4. The summed E-state index contributed by atoms with van der Waals surface area (Å²) in [6.45, 7) is 0. The van der Waals surface area contributed by atoms with Gasteiger partial charge in [-0.3, -0.25) is 0 Å². The number of hydrogen-bond donors (Lipinski definition) is 0. The van der Waals surface area contributed by atoms with E-state index in [0.29, 0.717) is 0 Å². The molecule has 0 aliphatic heterocycles. The van der Waals surface area contributed by atoms with E-state index in [1.165, 1.54) is 36.4 Å². The van der Waals surface area contributed by atoms with Crippen molar-refractivity contribution in [2.75, 3.05) is 0 Å². The topological polar surface area (TPSA) is 62.0 Å². The van der Waals surface area contributed by atoms with Gasteiger partial charge in [-0.1, -0.05) is 23.4 Å². The van der Waals surface area contributed by atoms with Crippen LogP contribution in [0.15, 0.2) is 56.8 Å². The molecule has 3 rings (SSSR count). The van der Waals surface area contributed by atoms with Gasteiger partial charge in [-0.25, -0.2) is 4.39 Å². The van der Waals surface area contributed by atoms with Gasteiger partial charge >= 0.3 is 12.1 Å². The fourth-order valence-electron chi connectivity index (χ4n) is 1.86. The molecule has 1 radical (unpaired) electrons. The Morgan fingerprint density at radius 1 is 1.17 bits per heavy atom. The third-order valence-corrected chi connectivity index (χ3v) is 4.30. The minimum absolute atomic E-state index is 0.0602. The van der Waals surface area contributed by atoms with Crippen molar-refractivity contribution in [3.8, 4) is 11.4 Å². The Morgan fingerprint density at radius 2 is 1.92 bits per heavy atom. The molecule has 0 aliphatic rings. The van der Waals surface area contributed by atoms with Gasteiger partial charge in [0.25, 0.3) is 0 Å². The van der Waals surface area contributed by atoms with Crippen LogP contribution in [0.4, 0.5) is 17.6 Å². The Labute approximate surface area is 136 Å². The average Bonchev–Trinajstić information content (AvgIpc) is 3.05. The smallest absolute Gasteiger partial charge is 0.471 e. The lowest BCUT2D eigenvalue weighted by Gasteiger charge is -2.10. The average molecular weight is 355 g/mol. The van der Waals surface area contributed by atoms with Crippen LogP contribution in [0.5, 0.6) is 0 Å². The van der Waals surface area contributed by atoms with Crippen molar-refractivity contribution in [2.24, 2.45) is 0 Å². The zero-order valence-corrected chi connectivity index (χ0v) is 12.5. The summed E-state index contributed by atoms with van der Waals surface area (Å²) in [5.74, 6) is -2.46. The molecule has 1 unspecified atom stereocenters. The minimum Gasteiger partial charge on any atom is -0.606 e. The summed E-state index contributed by atoms with van der Waals surface area (Å²) in [4.78, 5) is 3.27. The van der Waals surface area contributed by atoms with E-state index in [1.807, 2.05) is 0 Å². The fourth-order valence-corrected chi connectivity index (χ4v) is 2.95. The molecule has 4 nitrogen and oxygen atoms in total. The molecule has 2 aromatic carbocycles. The Kier molecular flexibility index (Phi) is 4.29. The summed E-state index contributed by atoms with van der Waals surface area (Å²) < 4.78 is 67.8. The van der Waals surface area contributed by atoms with Gasteiger partial charge in [0.05, 0.1) is 0 Å². The van der Waals surface area contributed by atoms with Crippen molar-refractivity contribution in [1.82, 2.24) is 10.1 Å². The van der Waals surface area contributed by atoms with Crippen LogP contribution in [0.3, 0.4) is 0 Å². The van der Waals surface area contributed by atoms with Crippen molar-refractivity contribution in [2.45, 2.75) is 16.0 Å². The molecule has 0 amide bonds. The summed E-state index contributed by atoms with van der Waals surface area (Å²) >= 11 is -1.89. The van der Waals surface area contributed by atoms with E-state index in [4.69, 9.17) is 0 Å². The lowest BCUT2D eigenvalue weighted by atomic mass is 10.2. The molecule has 9 heteroatoms. The zero-order chi connectivity index (χ0) is 17.3. The van der Waals surface area contributed by atoms with Gasteiger partial charge in [-0.05, 0) is 18.2 Å². The number of aromatic nitrogens is 2. The van der Waals surface area contributed by atoms with Crippen LogP contribution in [0.25, 0.3) is 11.4 Å². The third kappa shape index (κ3) is 3.26. The van der Waals surface area contributed by atoms with Crippen LogP contribution in [0, 0.1) is 11.9 Å². The highest BCUT2D eigenvalue weighted by atomic mass is 32.2. The molecule has 1 aromatic heterocycles. The van der Waals surface area contributed by atoms with Crippen molar-refractivity contribution < 1.29 is 26.6 Å². The van der Waals surface area contributed by atoms with Crippen molar-refractivity contribution >= 4 is 11.2 Å². The quantitative estimate of drug-likeness (QED) is 0.529. The molecule has 1 heterocycles. The van der Waals surface area contributed by atoms with Crippen LogP contribution in [0.2, 0.25) is 0 Å². The first kappa shape index (κ1) is 16.5. The van der Waals surface area contributed by atoms with Gasteiger partial charge in [0, 0.05) is 28.9 Å². The van der Waals surface area contributed by atoms with Gasteiger partial charge in [-0.2, -0.15) is 18.2 Å². The minimum atomic E-state index is -4.76. The Hall–Kier alpha value is -2.39. The molecular formula is C15H7F4N2O2S. The molecule has 0 fully saturated rings. The number of nitrogens with zero attached hydrogens (tertiary/aromatic N) is 2. The van der Waals surface area contributed by atoms with Crippen LogP contribution in [-0.2, 0) is 17.4 Å². The number of rotatable bonds is 3. The zero-order valence-electron chi connectivity index (χ0n) is 11.7. The number of alkyl halides is 3. The summed E-state index contributed by atoms with van der Waals surface area (Å²) in [7, 11) is 0. The summed E-state index contributed by atoms with van der Waals surface area (Å²) in [5.41, 5.74) is 0.146. The van der Waals surface area contributed by atoms with E-state index in [2.05, 4.69) is 20.7 Å².